The van der Waals surface area contributed by atoms with E-state index in [1.54, 1.807) is 16.4 Å². The van der Waals surface area contributed by atoms with Gasteiger partial charge in [0.2, 0.25) is 5.16 Å². The zero-order valence-corrected chi connectivity index (χ0v) is 10.5. The Balaban J connectivity index is 2.32. The molecule has 1 heterocycles. The highest BCUT2D eigenvalue weighted by Gasteiger charge is 2.09. The molecule has 0 radical (unpaired) electrons. The van der Waals surface area contributed by atoms with Crippen LogP contribution in [0.15, 0.2) is 5.16 Å². The first-order chi connectivity index (χ1) is 7.65. The molecule has 0 aliphatic rings. The first-order valence-corrected chi connectivity index (χ1v) is 6.11. The molecule has 7 heteroatoms. The first kappa shape index (κ1) is 13.0. The highest BCUT2D eigenvalue weighted by Crippen LogP contribution is 2.18. The normalized spacial score (nSPS) is 10.8. The van der Waals surface area contributed by atoms with Gasteiger partial charge < -0.3 is 4.74 Å². The molecule has 0 N–H and O–H groups in total. The largest absolute Gasteiger partial charge is 0.469 e. The molecule has 0 unspecified atom stereocenters. The fourth-order valence-corrected chi connectivity index (χ4v) is 2.03. The van der Waals surface area contributed by atoms with Gasteiger partial charge in [-0.25, -0.2) is 4.68 Å². The van der Waals surface area contributed by atoms with Crippen LogP contribution in [0.3, 0.4) is 0 Å². The van der Waals surface area contributed by atoms with Crippen LogP contribution in [0.1, 0.15) is 32.7 Å². The summed E-state index contributed by atoms with van der Waals surface area (Å²) < 4.78 is 6.32. The van der Waals surface area contributed by atoms with Crippen molar-refractivity contribution >= 4 is 17.7 Å². The third-order valence-corrected chi connectivity index (χ3v) is 2.96. The van der Waals surface area contributed by atoms with Crippen LogP contribution in [0.4, 0.5) is 0 Å². The number of ether oxygens (including phenoxy) is 1. The number of methoxy groups -OCH3 is 1. The van der Waals surface area contributed by atoms with Crippen molar-refractivity contribution in [3.05, 3.63) is 0 Å². The summed E-state index contributed by atoms with van der Waals surface area (Å²) in [5.41, 5.74) is 0. The Kier molecular flexibility index (Phi) is 5.24. The SMILES string of the molecule is COC(=O)CCCSc1nnnn1C(C)C. The van der Waals surface area contributed by atoms with Gasteiger partial charge in [0.05, 0.1) is 13.2 Å². The molecule has 1 aromatic rings. The molecule has 0 amide bonds. The van der Waals surface area contributed by atoms with Crippen LogP contribution in [-0.4, -0.2) is 39.0 Å². The zero-order chi connectivity index (χ0) is 12.0. The molecule has 1 aromatic heterocycles. The second kappa shape index (κ2) is 6.47. The second-order valence-electron chi connectivity index (χ2n) is 3.53. The fraction of sp³-hybridized carbons (Fsp3) is 0.778. The average Bonchev–Trinajstić information content (AvgIpc) is 2.72. The Morgan fingerprint density at radius 2 is 2.31 bits per heavy atom. The summed E-state index contributed by atoms with van der Waals surface area (Å²) in [6, 6.07) is 0.248. The minimum atomic E-state index is -0.177. The molecule has 90 valence electrons. The van der Waals surface area contributed by atoms with Crippen molar-refractivity contribution < 1.29 is 9.53 Å². The molecule has 1 rings (SSSR count). The number of carbonyl (C=O) groups excluding carboxylic acids is 1. The van der Waals surface area contributed by atoms with E-state index in [0.717, 1.165) is 17.3 Å². The quantitative estimate of drug-likeness (QED) is 0.427. The van der Waals surface area contributed by atoms with E-state index in [9.17, 15) is 4.79 Å². The average molecular weight is 244 g/mol. The highest BCUT2D eigenvalue weighted by molar-refractivity contribution is 7.99. The lowest BCUT2D eigenvalue weighted by Crippen LogP contribution is -2.05. The molecule has 0 saturated carbocycles. The number of aromatic nitrogens is 4. The lowest BCUT2D eigenvalue weighted by Gasteiger charge is -2.06. The monoisotopic (exact) mass is 244 g/mol. The molecule has 0 fully saturated rings. The Morgan fingerprint density at radius 3 is 2.94 bits per heavy atom. The number of rotatable bonds is 6. The van der Waals surface area contributed by atoms with Gasteiger partial charge in [0.1, 0.15) is 0 Å². The molecular formula is C9H16N4O2S. The summed E-state index contributed by atoms with van der Waals surface area (Å²) >= 11 is 1.55. The van der Waals surface area contributed by atoms with E-state index in [2.05, 4.69) is 20.3 Å². The van der Waals surface area contributed by atoms with Gasteiger partial charge >= 0.3 is 5.97 Å². The summed E-state index contributed by atoms with van der Waals surface area (Å²) in [6.45, 7) is 4.05. The van der Waals surface area contributed by atoms with Gasteiger partial charge in [-0.3, -0.25) is 4.79 Å². The fourth-order valence-electron chi connectivity index (χ4n) is 1.09. The van der Waals surface area contributed by atoms with Crippen LogP contribution in [0.2, 0.25) is 0 Å². The number of nitrogens with zero attached hydrogens (tertiary/aromatic N) is 4. The number of thioether (sulfide) groups is 1. The Hall–Kier alpha value is -1.11. The molecule has 0 aliphatic carbocycles. The number of hydrogen-bond donors (Lipinski definition) is 0. The lowest BCUT2D eigenvalue weighted by atomic mass is 10.3. The van der Waals surface area contributed by atoms with Crippen LogP contribution in [-0.2, 0) is 9.53 Å². The van der Waals surface area contributed by atoms with Gasteiger partial charge in [-0.1, -0.05) is 11.8 Å². The van der Waals surface area contributed by atoms with Crippen molar-refractivity contribution in [1.82, 2.24) is 20.2 Å². The standard InChI is InChI=1S/C9H16N4O2S/c1-7(2)13-9(10-11-12-13)16-6-4-5-8(14)15-3/h7H,4-6H2,1-3H3. The molecule has 0 aliphatic heterocycles. The molecule has 0 atom stereocenters. The van der Waals surface area contributed by atoms with E-state index in [0.29, 0.717) is 6.42 Å². The molecule has 0 spiro atoms. The zero-order valence-electron chi connectivity index (χ0n) is 9.71. The van der Waals surface area contributed by atoms with Crippen molar-refractivity contribution in [3.8, 4) is 0 Å². The van der Waals surface area contributed by atoms with Crippen LogP contribution in [0, 0.1) is 0 Å². The van der Waals surface area contributed by atoms with Crippen molar-refractivity contribution in [2.75, 3.05) is 12.9 Å². The van der Waals surface area contributed by atoms with Gasteiger partial charge in [-0.15, -0.1) is 5.10 Å². The van der Waals surface area contributed by atoms with Crippen LogP contribution in [0.5, 0.6) is 0 Å². The third kappa shape index (κ3) is 3.80. The van der Waals surface area contributed by atoms with E-state index in [4.69, 9.17) is 0 Å². The van der Waals surface area contributed by atoms with Gasteiger partial charge in [0, 0.05) is 12.2 Å². The molecule has 6 nitrogen and oxygen atoms in total. The highest BCUT2D eigenvalue weighted by atomic mass is 32.2. The van der Waals surface area contributed by atoms with Crippen molar-refractivity contribution in [1.29, 1.82) is 0 Å². The van der Waals surface area contributed by atoms with Gasteiger partial charge in [0.25, 0.3) is 0 Å². The summed E-state index contributed by atoms with van der Waals surface area (Å²) in [5, 5.41) is 12.2. The Bertz CT molecular complexity index is 340. The van der Waals surface area contributed by atoms with E-state index < -0.39 is 0 Å². The van der Waals surface area contributed by atoms with E-state index >= 15 is 0 Å². The smallest absolute Gasteiger partial charge is 0.305 e. The van der Waals surface area contributed by atoms with Crippen molar-refractivity contribution in [3.63, 3.8) is 0 Å². The number of carbonyl (C=O) groups is 1. The van der Waals surface area contributed by atoms with Crippen molar-refractivity contribution in [2.45, 2.75) is 37.9 Å². The summed E-state index contributed by atoms with van der Waals surface area (Å²) in [4.78, 5) is 10.9. The van der Waals surface area contributed by atoms with Crippen LogP contribution >= 0.6 is 11.8 Å². The summed E-state index contributed by atoms with van der Waals surface area (Å²) in [6.07, 6.45) is 1.20. The molecule has 0 aromatic carbocycles. The maximum absolute atomic E-state index is 10.9. The predicted molar refractivity (Wildman–Crippen MR) is 60.2 cm³/mol. The number of hydrogen-bond acceptors (Lipinski definition) is 6. The molecule has 16 heavy (non-hydrogen) atoms. The molecule has 0 bridgehead atoms. The maximum atomic E-state index is 10.9. The van der Waals surface area contributed by atoms with Crippen LogP contribution < -0.4 is 0 Å². The summed E-state index contributed by atoms with van der Waals surface area (Å²) in [5.74, 6) is 0.631. The predicted octanol–water partition coefficient (Wildman–Crippen LogP) is 1.30. The Morgan fingerprint density at radius 1 is 1.56 bits per heavy atom. The van der Waals surface area contributed by atoms with Crippen LogP contribution in [0.25, 0.3) is 0 Å². The van der Waals surface area contributed by atoms with Gasteiger partial charge in [0.15, 0.2) is 0 Å². The van der Waals surface area contributed by atoms with Crippen molar-refractivity contribution in [2.24, 2.45) is 0 Å². The second-order valence-corrected chi connectivity index (χ2v) is 4.59. The van der Waals surface area contributed by atoms with E-state index in [1.807, 2.05) is 13.8 Å². The minimum Gasteiger partial charge on any atom is -0.469 e. The lowest BCUT2D eigenvalue weighted by molar-refractivity contribution is -0.140. The topological polar surface area (TPSA) is 69.9 Å². The first-order valence-electron chi connectivity index (χ1n) is 5.12. The molecular weight excluding hydrogens is 228 g/mol. The van der Waals surface area contributed by atoms with Gasteiger partial charge in [-0.2, -0.15) is 0 Å². The van der Waals surface area contributed by atoms with E-state index in [-0.39, 0.29) is 12.0 Å². The van der Waals surface area contributed by atoms with Gasteiger partial charge in [-0.05, 0) is 30.7 Å². The Labute approximate surface area is 98.7 Å². The summed E-state index contributed by atoms with van der Waals surface area (Å²) in [7, 11) is 1.40. The number of tetrazole rings is 1. The molecule has 0 saturated heterocycles. The third-order valence-electron chi connectivity index (χ3n) is 1.94. The maximum Gasteiger partial charge on any atom is 0.305 e. The number of esters is 1. The van der Waals surface area contributed by atoms with E-state index in [1.165, 1.54) is 7.11 Å². The minimum absolute atomic E-state index is 0.177.